The van der Waals surface area contributed by atoms with Gasteiger partial charge in [0.05, 0.1) is 5.01 Å². The molecule has 2 saturated heterocycles. The van der Waals surface area contributed by atoms with Gasteiger partial charge in [0.15, 0.2) is 0 Å². The van der Waals surface area contributed by atoms with E-state index in [2.05, 4.69) is 9.88 Å². The molecule has 0 bridgehead atoms. The molecule has 0 spiro atoms. The molecule has 20 heavy (non-hydrogen) atoms. The zero-order valence-electron chi connectivity index (χ0n) is 11.9. The summed E-state index contributed by atoms with van der Waals surface area (Å²) < 4.78 is 0. The minimum atomic E-state index is 0.0885. The van der Waals surface area contributed by atoms with Crippen LogP contribution in [0.15, 0.2) is 5.38 Å². The number of carbonyl (C=O) groups is 1. The molecule has 0 saturated carbocycles. The van der Waals surface area contributed by atoms with Crippen molar-refractivity contribution < 1.29 is 4.79 Å². The molecule has 0 aliphatic carbocycles. The quantitative estimate of drug-likeness (QED) is 0.887. The molecule has 1 aromatic rings. The van der Waals surface area contributed by atoms with Gasteiger partial charge in [-0.15, -0.1) is 11.3 Å². The first kappa shape index (κ1) is 14.0. The fraction of sp³-hybridized carbons (Fsp3) is 0.714. The van der Waals surface area contributed by atoms with Crippen molar-refractivity contribution in [2.45, 2.75) is 38.3 Å². The number of nitrogens with zero attached hydrogens (tertiary/aromatic N) is 3. The SMILES string of the molecule is Cc1nc(C(=O)N2CCC(N3CCC(N)CC3)C2)cs1. The lowest BCUT2D eigenvalue weighted by Gasteiger charge is -2.34. The Morgan fingerprint density at radius 3 is 2.75 bits per heavy atom. The number of aryl methyl sites for hydroxylation is 1. The molecule has 5 nitrogen and oxygen atoms in total. The molecule has 0 radical (unpaired) electrons. The molecular weight excluding hydrogens is 272 g/mol. The van der Waals surface area contributed by atoms with Gasteiger partial charge in [-0.2, -0.15) is 0 Å². The van der Waals surface area contributed by atoms with Gasteiger partial charge < -0.3 is 10.6 Å². The third kappa shape index (κ3) is 2.87. The average Bonchev–Trinajstić information content (AvgIpc) is 3.08. The topological polar surface area (TPSA) is 62.5 Å². The summed E-state index contributed by atoms with van der Waals surface area (Å²) in [5.74, 6) is 0.0885. The zero-order chi connectivity index (χ0) is 14.1. The van der Waals surface area contributed by atoms with Crippen LogP contribution < -0.4 is 5.73 Å². The molecule has 1 aromatic heterocycles. The van der Waals surface area contributed by atoms with Crippen LogP contribution >= 0.6 is 11.3 Å². The maximum atomic E-state index is 12.4. The van der Waals surface area contributed by atoms with Gasteiger partial charge in [0, 0.05) is 30.6 Å². The zero-order valence-corrected chi connectivity index (χ0v) is 12.7. The Kier molecular flexibility index (Phi) is 4.05. The number of aromatic nitrogens is 1. The highest BCUT2D eigenvalue weighted by Crippen LogP contribution is 2.21. The van der Waals surface area contributed by atoms with E-state index in [9.17, 15) is 4.79 Å². The fourth-order valence-electron chi connectivity index (χ4n) is 3.13. The molecule has 2 fully saturated rings. The normalized spacial score (nSPS) is 25.3. The Morgan fingerprint density at radius 1 is 1.35 bits per heavy atom. The molecule has 0 aromatic carbocycles. The van der Waals surface area contributed by atoms with E-state index in [0.717, 1.165) is 50.4 Å². The van der Waals surface area contributed by atoms with E-state index < -0.39 is 0 Å². The van der Waals surface area contributed by atoms with E-state index in [4.69, 9.17) is 5.73 Å². The lowest BCUT2D eigenvalue weighted by molar-refractivity contribution is 0.0764. The maximum absolute atomic E-state index is 12.4. The van der Waals surface area contributed by atoms with Gasteiger partial charge in [-0.1, -0.05) is 0 Å². The van der Waals surface area contributed by atoms with Gasteiger partial charge in [0.2, 0.25) is 0 Å². The van der Waals surface area contributed by atoms with Crippen LogP contribution in [0.4, 0.5) is 0 Å². The van der Waals surface area contributed by atoms with Crippen LogP contribution in [-0.4, -0.2) is 59.0 Å². The number of hydrogen-bond donors (Lipinski definition) is 1. The minimum Gasteiger partial charge on any atom is -0.336 e. The van der Waals surface area contributed by atoms with Crippen LogP contribution in [0.5, 0.6) is 0 Å². The Balaban J connectivity index is 1.58. The van der Waals surface area contributed by atoms with Gasteiger partial charge in [-0.05, 0) is 39.3 Å². The van der Waals surface area contributed by atoms with E-state index in [1.807, 2.05) is 17.2 Å². The lowest BCUT2D eigenvalue weighted by atomic mass is 10.0. The van der Waals surface area contributed by atoms with Gasteiger partial charge in [0.1, 0.15) is 5.69 Å². The Hall–Kier alpha value is -0.980. The summed E-state index contributed by atoms with van der Waals surface area (Å²) in [7, 11) is 0. The maximum Gasteiger partial charge on any atom is 0.273 e. The van der Waals surface area contributed by atoms with Crippen LogP contribution in [0.3, 0.4) is 0 Å². The first-order valence-electron chi connectivity index (χ1n) is 7.34. The fourth-order valence-corrected chi connectivity index (χ4v) is 3.72. The van der Waals surface area contributed by atoms with Gasteiger partial charge >= 0.3 is 0 Å². The predicted octanol–water partition coefficient (Wildman–Crippen LogP) is 1.09. The molecule has 3 rings (SSSR count). The number of carbonyl (C=O) groups excluding carboxylic acids is 1. The Labute approximate surface area is 123 Å². The van der Waals surface area contributed by atoms with Crippen molar-refractivity contribution in [1.29, 1.82) is 0 Å². The third-order valence-electron chi connectivity index (χ3n) is 4.38. The predicted molar refractivity (Wildman–Crippen MR) is 79.9 cm³/mol. The largest absolute Gasteiger partial charge is 0.336 e. The molecule has 1 atom stereocenters. The summed E-state index contributed by atoms with van der Waals surface area (Å²) in [5, 5.41) is 2.82. The first-order valence-corrected chi connectivity index (χ1v) is 8.22. The monoisotopic (exact) mass is 294 g/mol. The second kappa shape index (κ2) is 5.79. The van der Waals surface area contributed by atoms with E-state index in [-0.39, 0.29) is 5.91 Å². The first-order chi connectivity index (χ1) is 9.63. The minimum absolute atomic E-state index is 0.0885. The molecule has 110 valence electrons. The average molecular weight is 294 g/mol. The summed E-state index contributed by atoms with van der Waals surface area (Å²) in [4.78, 5) is 21.1. The second-order valence-electron chi connectivity index (χ2n) is 5.82. The second-order valence-corrected chi connectivity index (χ2v) is 6.88. The highest BCUT2D eigenvalue weighted by Gasteiger charge is 2.32. The molecule has 1 amide bonds. The van der Waals surface area contributed by atoms with Crippen molar-refractivity contribution >= 4 is 17.2 Å². The summed E-state index contributed by atoms with van der Waals surface area (Å²) in [6.45, 7) is 5.77. The van der Waals surface area contributed by atoms with Crippen molar-refractivity contribution in [2.75, 3.05) is 26.2 Å². The van der Waals surface area contributed by atoms with Gasteiger partial charge in [-0.25, -0.2) is 4.98 Å². The highest BCUT2D eigenvalue weighted by molar-refractivity contribution is 7.09. The van der Waals surface area contributed by atoms with Crippen LogP contribution in [0, 0.1) is 6.92 Å². The molecule has 2 N–H and O–H groups in total. The molecule has 1 unspecified atom stereocenters. The number of likely N-dealkylation sites (tertiary alicyclic amines) is 2. The molecule has 6 heteroatoms. The van der Waals surface area contributed by atoms with E-state index in [1.165, 1.54) is 11.3 Å². The number of amides is 1. The van der Waals surface area contributed by atoms with E-state index in [1.54, 1.807) is 0 Å². The summed E-state index contributed by atoms with van der Waals surface area (Å²) >= 11 is 1.54. The van der Waals surface area contributed by atoms with Gasteiger partial charge in [0.25, 0.3) is 5.91 Å². The van der Waals surface area contributed by atoms with E-state index >= 15 is 0 Å². The lowest BCUT2D eigenvalue weighted by Crippen LogP contribution is -2.46. The van der Waals surface area contributed by atoms with Crippen molar-refractivity contribution in [3.8, 4) is 0 Å². The smallest absolute Gasteiger partial charge is 0.273 e. The number of rotatable bonds is 2. The summed E-state index contributed by atoms with van der Waals surface area (Å²) in [6, 6.07) is 0.870. The molecule has 3 heterocycles. The molecule has 2 aliphatic heterocycles. The summed E-state index contributed by atoms with van der Waals surface area (Å²) in [6.07, 6.45) is 3.23. The van der Waals surface area contributed by atoms with Gasteiger partial charge in [-0.3, -0.25) is 9.69 Å². The Morgan fingerprint density at radius 2 is 2.10 bits per heavy atom. The Bertz CT molecular complexity index is 481. The number of nitrogens with two attached hydrogens (primary N) is 1. The van der Waals surface area contributed by atoms with Crippen LogP contribution in [-0.2, 0) is 0 Å². The molecular formula is C14H22N4OS. The third-order valence-corrected chi connectivity index (χ3v) is 5.15. The molecule has 2 aliphatic rings. The number of hydrogen-bond acceptors (Lipinski definition) is 5. The number of piperidine rings is 1. The van der Waals surface area contributed by atoms with Crippen LogP contribution in [0.25, 0.3) is 0 Å². The van der Waals surface area contributed by atoms with Crippen molar-refractivity contribution in [3.05, 3.63) is 16.1 Å². The van der Waals surface area contributed by atoms with Crippen molar-refractivity contribution in [1.82, 2.24) is 14.8 Å². The van der Waals surface area contributed by atoms with Crippen LogP contribution in [0.2, 0.25) is 0 Å². The van der Waals surface area contributed by atoms with E-state index in [0.29, 0.717) is 17.8 Å². The highest BCUT2D eigenvalue weighted by atomic mass is 32.1. The standard InChI is InChI=1S/C14H22N4OS/c1-10-16-13(9-20-10)14(19)18-7-4-12(8-18)17-5-2-11(15)3-6-17/h9,11-12H,2-8,15H2,1H3. The van der Waals surface area contributed by atoms with Crippen LogP contribution in [0.1, 0.15) is 34.8 Å². The van der Waals surface area contributed by atoms with Crippen molar-refractivity contribution in [2.24, 2.45) is 5.73 Å². The van der Waals surface area contributed by atoms with Crippen molar-refractivity contribution in [3.63, 3.8) is 0 Å². The summed E-state index contributed by atoms with van der Waals surface area (Å²) in [5.41, 5.74) is 6.56. The number of thiazole rings is 1.